The molecule has 0 aromatic rings. The van der Waals surface area contributed by atoms with Crippen molar-refractivity contribution in [3.8, 4) is 0 Å². The topological polar surface area (TPSA) is 48.9 Å². The van der Waals surface area contributed by atoms with Crippen LogP contribution in [0, 0.1) is 11.3 Å². The number of aliphatic imine (C=N–C) groups is 1. The second kappa shape index (κ2) is 8.68. The number of likely N-dealkylation sites (tertiary alicyclic amines) is 1. The zero-order valence-electron chi connectivity index (χ0n) is 14.7. The number of nitrogens with one attached hydrogen (secondary N) is 2. The normalized spacial score (nSPS) is 28.2. The molecule has 2 N–H and O–H groups in total. The molecular weight excluding hydrogens is 391 g/mol. The maximum atomic E-state index is 5.30. The summed E-state index contributed by atoms with van der Waals surface area (Å²) in [6.45, 7) is 16.9. The van der Waals surface area contributed by atoms with Crippen LogP contribution < -0.4 is 10.6 Å². The smallest absolute Gasteiger partial charge is 0.191 e. The van der Waals surface area contributed by atoms with Crippen molar-refractivity contribution < 1.29 is 4.74 Å². The Morgan fingerprint density at radius 1 is 1.36 bits per heavy atom. The van der Waals surface area contributed by atoms with Crippen LogP contribution in [0.15, 0.2) is 4.99 Å². The third kappa shape index (κ3) is 5.23. The second-order valence-corrected chi connectivity index (χ2v) is 7.27. The van der Waals surface area contributed by atoms with Gasteiger partial charge in [-0.25, -0.2) is 0 Å². The van der Waals surface area contributed by atoms with E-state index >= 15 is 0 Å². The fraction of sp³-hybridized carbons (Fsp3) is 0.938. The number of halogens is 1. The molecule has 0 aliphatic carbocycles. The lowest BCUT2D eigenvalue weighted by atomic mass is 9.89. The largest absolute Gasteiger partial charge is 0.380 e. The molecule has 0 saturated carbocycles. The van der Waals surface area contributed by atoms with E-state index in [2.05, 4.69) is 50.2 Å². The van der Waals surface area contributed by atoms with E-state index in [9.17, 15) is 0 Å². The first kappa shape index (κ1) is 20.0. The average molecular weight is 424 g/mol. The molecule has 2 atom stereocenters. The third-order valence-corrected chi connectivity index (χ3v) is 4.56. The van der Waals surface area contributed by atoms with Gasteiger partial charge in [-0.3, -0.25) is 9.89 Å². The molecule has 0 amide bonds. The van der Waals surface area contributed by atoms with Gasteiger partial charge in [-0.05, 0) is 26.7 Å². The van der Waals surface area contributed by atoms with Gasteiger partial charge in [0.2, 0.25) is 0 Å². The quantitative estimate of drug-likeness (QED) is 0.402. The number of nitrogens with zero attached hydrogens (tertiary/aromatic N) is 2. The summed E-state index contributed by atoms with van der Waals surface area (Å²) in [5, 5.41) is 7.00. The SMILES string of the molecule is CCNC(=NCC1(C)COC1)NC1CN(C(C)C)CC1C.I. The van der Waals surface area contributed by atoms with Crippen LogP contribution in [0.4, 0.5) is 0 Å². The van der Waals surface area contributed by atoms with Crippen molar-refractivity contribution in [2.75, 3.05) is 39.4 Å². The van der Waals surface area contributed by atoms with Gasteiger partial charge in [0.05, 0.1) is 19.8 Å². The Labute approximate surface area is 152 Å². The van der Waals surface area contributed by atoms with E-state index < -0.39 is 0 Å². The van der Waals surface area contributed by atoms with Crippen molar-refractivity contribution in [2.45, 2.75) is 46.7 Å². The monoisotopic (exact) mass is 424 g/mol. The molecule has 0 radical (unpaired) electrons. The number of guanidine groups is 1. The highest BCUT2D eigenvalue weighted by molar-refractivity contribution is 14.0. The first-order chi connectivity index (χ1) is 9.93. The number of rotatable bonds is 5. The van der Waals surface area contributed by atoms with Crippen molar-refractivity contribution in [1.82, 2.24) is 15.5 Å². The van der Waals surface area contributed by atoms with Gasteiger partial charge in [0.15, 0.2) is 5.96 Å². The lowest BCUT2D eigenvalue weighted by Gasteiger charge is -2.36. The van der Waals surface area contributed by atoms with Crippen molar-refractivity contribution in [2.24, 2.45) is 16.3 Å². The van der Waals surface area contributed by atoms with E-state index in [1.165, 1.54) is 6.54 Å². The van der Waals surface area contributed by atoms with Gasteiger partial charge in [0.25, 0.3) is 0 Å². The molecule has 0 spiro atoms. The van der Waals surface area contributed by atoms with Crippen LogP contribution in [0.5, 0.6) is 0 Å². The summed E-state index contributed by atoms with van der Waals surface area (Å²) in [6, 6.07) is 1.10. The van der Waals surface area contributed by atoms with Crippen molar-refractivity contribution in [3.63, 3.8) is 0 Å². The van der Waals surface area contributed by atoms with Crippen LogP contribution in [-0.2, 0) is 4.74 Å². The van der Waals surface area contributed by atoms with Crippen molar-refractivity contribution >= 4 is 29.9 Å². The maximum absolute atomic E-state index is 5.30. The molecule has 2 saturated heterocycles. The minimum absolute atomic E-state index is 0. The third-order valence-electron chi connectivity index (χ3n) is 4.56. The van der Waals surface area contributed by atoms with Crippen molar-refractivity contribution in [3.05, 3.63) is 0 Å². The van der Waals surface area contributed by atoms with Crippen LogP contribution in [0.25, 0.3) is 0 Å². The van der Waals surface area contributed by atoms with Crippen LogP contribution in [-0.4, -0.2) is 62.3 Å². The fourth-order valence-electron chi connectivity index (χ4n) is 2.92. The summed E-state index contributed by atoms with van der Waals surface area (Å²) in [7, 11) is 0. The molecule has 5 nitrogen and oxygen atoms in total. The molecular formula is C16H33IN4O. The Balaban J connectivity index is 0.00000242. The van der Waals surface area contributed by atoms with E-state index in [0.717, 1.165) is 38.8 Å². The van der Waals surface area contributed by atoms with E-state index in [0.29, 0.717) is 18.0 Å². The Morgan fingerprint density at radius 3 is 2.50 bits per heavy atom. The van der Waals surface area contributed by atoms with Crippen LogP contribution >= 0.6 is 24.0 Å². The standard InChI is InChI=1S/C16H32N4O.HI/c1-6-17-15(18-9-16(5)10-21-11-16)19-14-8-20(12(2)3)7-13(14)4;/h12-14H,6-11H2,1-5H3,(H2,17,18,19);1H. The van der Waals surface area contributed by atoms with Crippen LogP contribution in [0.2, 0.25) is 0 Å². The number of ether oxygens (including phenoxy) is 1. The summed E-state index contributed by atoms with van der Waals surface area (Å²) < 4.78 is 5.30. The average Bonchev–Trinajstić information content (AvgIpc) is 2.76. The Kier molecular flexibility index (Phi) is 7.88. The molecule has 130 valence electrons. The molecule has 0 aromatic heterocycles. The fourth-order valence-corrected chi connectivity index (χ4v) is 2.92. The maximum Gasteiger partial charge on any atom is 0.191 e. The zero-order valence-corrected chi connectivity index (χ0v) is 17.0. The van der Waals surface area contributed by atoms with E-state index in [-0.39, 0.29) is 29.4 Å². The summed E-state index contributed by atoms with van der Waals surface area (Å²) in [5.41, 5.74) is 0.230. The molecule has 2 fully saturated rings. The van der Waals surface area contributed by atoms with Gasteiger partial charge < -0.3 is 15.4 Å². The van der Waals surface area contributed by atoms with Gasteiger partial charge in [0.1, 0.15) is 0 Å². The lowest BCUT2D eigenvalue weighted by Crippen LogP contribution is -2.48. The van der Waals surface area contributed by atoms with E-state index in [1.807, 2.05) is 0 Å². The highest BCUT2D eigenvalue weighted by Crippen LogP contribution is 2.26. The lowest BCUT2D eigenvalue weighted by molar-refractivity contribution is -0.0945. The van der Waals surface area contributed by atoms with Gasteiger partial charge in [-0.1, -0.05) is 13.8 Å². The van der Waals surface area contributed by atoms with Crippen LogP contribution in [0.1, 0.15) is 34.6 Å². The van der Waals surface area contributed by atoms with Crippen molar-refractivity contribution in [1.29, 1.82) is 0 Å². The molecule has 2 heterocycles. The predicted molar refractivity (Wildman–Crippen MR) is 103 cm³/mol. The molecule has 0 aromatic carbocycles. The summed E-state index contributed by atoms with van der Waals surface area (Å²) in [4.78, 5) is 7.31. The number of hydrogen-bond acceptors (Lipinski definition) is 3. The predicted octanol–water partition coefficient (Wildman–Crippen LogP) is 1.92. The summed E-state index contributed by atoms with van der Waals surface area (Å²) in [5.74, 6) is 1.60. The molecule has 2 rings (SSSR count). The van der Waals surface area contributed by atoms with Gasteiger partial charge >= 0.3 is 0 Å². The first-order valence-corrected chi connectivity index (χ1v) is 8.30. The Hall–Kier alpha value is -0.0800. The molecule has 2 aliphatic rings. The highest BCUT2D eigenvalue weighted by Gasteiger charge is 2.34. The first-order valence-electron chi connectivity index (χ1n) is 8.30. The summed E-state index contributed by atoms with van der Waals surface area (Å²) in [6.07, 6.45) is 0. The van der Waals surface area contributed by atoms with E-state index in [1.54, 1.807) is 0 Å². The number of hydrogen-bond donors (Lipinski definition) is 2. The molecule has 6 heteroatoms. The Morgan fingerprint density at radius 2 is 2.05 bits per heavy atom. The Bertz CT molecular complexity index is 371. The second-order valence-electron chi connectivity index (χ2n) is 7.27. The molecule has 22 heavy (non-hydrogen) atoms. The van der Waals surface area contributed by atoms with E-state index in [4.69, 9.17) is 9.73 Å². The minimum Gasteiger partial charge on any atom is -0.380 e. The van der Waals surface area contributed by atoms with Crippen LogP contribution in [0.3, 0.4) is 0 Å². The van der Waals surface area contributed by atoms with Gasteiger partial charge in [-0.15, -0.1) is 24.0 Å². The highest BCUT2D eigenvalue weighted by atomic mass is 127. The molecule has 2 unspecified atom stereocenters. The summed E-state index contributed by atoms with van der Waals surface area (Å²) >= 11 is 0. The van der Waals surface area contributed by atoms with Gasteiger partial charge in [0, 0.05) is 37.1 Å². The van der Waals surface area contributed by atoms with Gasteiger partial charge in [-0.2, -0.15) is 0 Å². The minimum atomic E-state index is 0. The molecule has 2 aliphatic heterocycles. The zero-order chi connectivity index (χ0) is 15.5. The molecule has 0 bridgehead atoms.